The van der Waals surface area contributed by atoms with E-state index in [1.807, 2.05) is 38.1 Å². The number of rotatable bonds is 11. The average Bonchev–Trinajstić information content (AvgIpc) is 2.90. The molecule has 0 spiro atoms. The lowest BCUT2D eigenvalue weighted by atomic mass is 10.1. The van der Waals surface area contributed by atoms with Crippen molar-refractivity contribution in [3.63, 3.8) is 0 Å². The van der Waals surface area contributed by atoms with Gasteiger partial charge in [-0.3, -0.25) is 13.9 Å². The Morgan fingerprint density at radius 1 is 0.947 bits per heavy atom. The number of halogens is 2. The van der Waals surface area contributed by atoms with Crippen LogP contribution in [-0.2, 0) is 26.2 Å². The Labute approximate surface area is 234 Å². The van der Waals surface area contributed by atoms with Gasteiger partial charge in [0.15, 0.2) is 0 Å². The molecular weight excluding hydrogens is 545 g/mol. The first-order chi connectivity index (χ1) is 18.1. The molecule has 10 heteroatoms. The third-order valence-electron chi connectivity index (χ3n) is 6.00. The van der Waals surface area contributed by atoms with Crippen molar-refractivity contribution in [1.82, 2.24) is 10.2 Å². The van der Waals surface area contributed by atoms with Crippen LogP contribution in [0.1, 0.15) is 31.4 Å². The predicted molar refractivity (Wildman–Crippen MR) is 152 cm³/mol. The number of benzene rings is 3. The highest BCUT2D eigenvalue weighted by atomic mass is 35.5. The highest BCUT2D eigenvalue weighted by Crippen LogP contribution is 2.33. The molecule has 0 radical (unpaired) electrons. The molecular formula is C28H31Cl2N3O4S. The van der Waals surface area contributed by atoms with Gasteiger partial charge in [-0.25, -0.2) is 8.42 Å². The predicted octanol–water partition coefficient (Wildman–Crippen LogP) is 5.44. The van der Waals surface area contributed by atoms with Gasteiger partial charge in [0.1, 0.15) is 12.6 Å². The van der Waals surface area contributed by atoms with Gasteiger partial charge in [-0.15, -0.1) is 0 Å². The summed E-state index contributed by atoms with van der Waals surface area (Å²) in [5.74, 6) is -0.868. The van der Waals surface area contributed by atoms with Crippen LogP contribution in [0.5, 0.6) is 0 Å². The van der Waals surface area contributed by atoms with Crippen LogP contribution < -0.4 is 9.62 Å². The van der Waals surface area contributed by atoms with Gasteiger partial charge in [-0.05, 0) is 56.2 Å². The molecule has 3 aromatic rings. The summed E-state index contributed by atoms with van der Waals surface area (Å²) in [6.07, 6.45) is 0.340. The molecule has 1 N–H and O–H groups in total. The van der Waals surface area contributed by atoms with E-state index in [0.717, 1.165) is 15.4 Å². The van der Waals surface area contributed by atoms with Gasteiger partial charge in [0.25, 0.3) is 10.0 Å². The van der Waals surface area contributed by atoms with Gasteiger partial charge < -0.3 is 10.2 Å². The number of carbonyl (C=O) groups excluding carboxylic acids is 2. The number of likely N-dealkylation sites (N-methyl/N-ethyl adjacent to an activating group) is 1. The lowest BCUT2D eigenvalue weighted by Gasteiger charge is -2.33. The molecule has 0 aliphatic carbocycles. The summed E-state index contributed by atoms with van der Waals surface area (Å²) in [4.78, 5) is 28.3. The van der Waals surface area contributed by atoms with E-state index in [1.165, 1.54) is 35.2 Å². The normalized spacial score (nSPS) is 12.0. The molecule has 0 aliphatic heterocycles. The Balaban J connectivity index is 2.08. The zero-order chi connectivity index (χ0) is 27.9. The maximum atomic E-state index is 13.9. The number of nitrogens with one attached hydrogen (secondary N) is 1. The van der Waals surface area contributed by atoms with Crippen molar-refractivity contribution < 1.29 is 18.0 Å². The number of aryl methyl sites for hydroxylation is 1. The van der Waals surface area contributed by atoms with Gasteiger partial charge >= 0.3 is 0 Å². The first-order valence-corrected chi connectivity index (χ1v) is 14.4. The van der Waals surface area contributed by atoms with Crippen molar-refractivity contribution >= 4 is 50.7 Å². The standard InChI is InChI=1S/C28H31Cl2N3O4S/c1-4-25(28(35)31-5-2)32(18-21-13-11-20(3)12-14-21)27(34)19-33(26-17-22(29)15-16-24(26)30)38(36,37)23-9-7-6-8-10-23/h6-17,25H,4-5,18-19H2,1-3H3,(H,31,35)/t25-/m0/s1. The first-order valence-electron chi connectivity index (χ1n) is 12.2. The van der Waals surface area contributed by atoms with Gasteiger partial charge in [0.2, 0.25) is 11.8 Å². The van der Waals surface area contributed by atoms with E-state index in [-0.39, 0.29) is 33.1 Å². The second-order valence-corrected chi connectivity index (χ2v) is 11.5. The fourth-order valence-electron chi connectivity index (χ4n) is 4.01. The zero-order valence-electron chi connectivity index (χ0n) is 21.5. The minimum atomic E-state index is -4.22. The van der Waals surface area contributed by atoms with E-state index in [4.69, 9.17) is 23.2 Å². The summed E-state index contributed by atoms with van der Waals surface area (Å²) in [6, 6.07) is 19.0. The van der Waals surface area contributed by atoms with Crippen molar-refractivity contribution in [2.75, 3.05) is 17.4 Å². The summed E-state index contributed by atoms with van der Waals surface area (Å²) in [6.45, 7) is 5.50. The van der Waals surface area contributed by atoms with E-state index < -0.39 is 28.5 Å². The Bertz CT molecular complexity index is 1370. The molecule has 38 heavy (non-hydrogen) atoms. The van der Waals surface area contributed by atoms with Crippen molar-refractivity contribution in [3.8, 4) is 0 Å². The molecule has 0 heterocycles. The maximum absolute atomic E-state index is 13.9. The summed E-state index contributed by atoms with van der Waals surface area (Å²) >= 11 is 12.6. The molecule has 0 fully saturated rings. The Hall–Kier alpha value is -3.07. The minimum Gasteiger partial charge on any atom is -0.355 e. The second kappa shape index (κ2) is 13.1. The number of sulfonamides is 1. The third-order valence-corrected chi connectivity index (χ3v) is 8.33. The quantitative estimate of drug-likeness (QED) is 0.330. The smallest absolute Gasteiger partial charge is 0.264 e. The van der Waals surface area contributed by atoms with Crippen molar-refractivity contribution in [2.24, 2.45) is 0 Å². The van der Waals surface area contributed by atoms with Crippen molar-refractivity contribution in [2.45, 2.75) is 44.7 Å². The number of nitrogens with zero attached hydrogens (tertiary/aromatic N) is 2. The summed E-state index contributed by atoms with van der Waals surface area (Å²) in [5, 5.41) is 3.15. The molecule has 1 atom stereocenters. The second-order valence-electron chi connectivity index (χ2n) is 8.75. The molecule has 7 nitrogen and oxygen atoms in total. The molecule has 0 saturated heterocycles. The van der Waals surface area contributed by atoms with Crippen LogP contribution in [0.4, 0.5) is 5.69 Å². The Morgan fingerprint density at radius 2 is 1.61 bits per heavy atom. The molecule has 0 aliphatic rings. The lowest BCUT2D eigenvalue weighted by Crippen LogP contribution is -2.52. The maximum Gasteiger partial charge on any atom is 0.264 e. The average molecular weight is 577 g/mol. The molecule has 3 aromatic carbocycles. The minimum absolute atomic E-state index is 0.00954. The van der Waals surface area contributed by atoms with Crippen LogP contribution in [0.25, 0.3) is 0 Å². The number of anilines is 1. The van der Waals surface area contributed by atoms with E-state index in [0.29, 0.717) is 13.0 Å². The van der Waals surface area contributed by atoms with E-state index >= 15 is 0 Å². The van der Waals surface area contributed by atoms with Gasteiger partial charge in [0, 0.05) is 18.1 Å². The topological polar surface area (TPSA) is 86.8 Å². The van der Waals surface area contributed by atoms with Crippen LogP contribution >= 0.6 is 23.2 Å². The van der Waals surface area contributed by atoms with E-state index in [9.17, 15) is 18.0 Å². The fraction of sp³-hybridized carbons (Fsp3) is 0.286. The highest BCUT2D eigenvalue weighted by molar-refractivity contribution is 7.92. The number of hydrogen-bond donors (Lipinski definition) is 1. The monoisotopic (exact) mass is 575 g/mol. The molecule has 2 amide bonds. The molecule has 0 unspecified atom stereocenters. The molecule has 3 rings (SSSR count). The van der Waals surface area contributed by atoms with Crippen LogP contribution in [0.2, 0.25) is 10.0 Å². The van der Waals surface area contributed by atoms with Crippen molar-refractivity contribution in [1.29, 1.82) is 0 Å². The SMILES string of the molecule is CCNC(=O)[C@H](CC)N(Cc1ccc(C)cc1)C(=O)CN(c1cc(Cl)ccc1Cl)S(=O)(=O)c1ccccc1. The Kier molecular flexibility index (Phi) is 10.2. The van der Waals surface area contributed by atoms with E-state index in [1.54, 1.807) is 25.1 Å². The molecule has 0 aromatic heterocycles. The molecule has 202 valence electrons. The summed E-state index contributed by atoms with van der Waals surface area (Å²) < 4.78 is 28.6. The molecule has 0 saturated carbocycles. The number of carbonyl (C=O) groups is 2. The summed E-state index contributed by atoms with van der Waals surface area (Å²) in [7, 11) is -4.22. The fourth-order valence-corrected chi connectivity index (χ4v) is 5.89. The summed E-state index contributed by atoms with van der Waals surface area (Å²) in [5.41, 5.74) is 1.93. The van der Waals surface area contributed by atoms with Gasteiger partial charge in [0.05, 0.1) is 15.6 Å². The van der Waals surface area contributed by atoms with Gasteiger partial charge in [-0.1, -0.05) is 78.2 Å². The largest absolute Gasteiger partial charge is 0.355 e. The third kappa shape index (κ3) is 7.07. The van der Waals surface area contributed by atoms with Crippen LogP contribution in [0, 0.1) is 6.92 Å². The zero-order valence-corrected chi connectivity index (χ0v) is 23.9. The van der Waals surface area contributed by atoms with Crippen molar-refractivity contribution in [3.05, 3.63) is 94.0 Å². The number of amides is 2. The molecule has 0 bridgehead atoms. The first kappa shape index (κ1) is 29.5. The van der Waals surface area contributed by atoms with Crippen LogP contribution in [-0.4, -0.2) is 44.3 Å². The number of hydrogen-bond acceptors (Lipinski definition) is 4. The van der Waals surface area contributed by atoms with Crippen LogP contribution in [0.15, 0.2) is 77.7 Å². The van der Waals surface area contributed by atoms with Gasteiger partial charge in [-0.2, -0.15) is 0 Å². The Morgan fingerprint density at radius 3 is 2.21 bits per heavy atom. The van der Waals surface area contributed by atoms with Crippen LogP contribution in [0.3, 0.4) is 0 Å². The lowest BCUT2D eigenvalue weighted by molar-refractivity contribution is -0.140. The highest BCUT2D eigenvalue weighted by Gasteiger charge is 2.34. The van der Waals surface area contributed by atoms with E-state index in [2.05, 4.69) is 5.32 Å².